The van der Waals surface area contributed by atoms with Crippen LogP contribution in [0.15, 0.2) is 42.9 Å². The highest BCUT2D eigenvalue weighted by atomic mass is 19.4. The molecular formula is C17H14F3N5O. The SMILES string of the molecule is Cc1ccc(C(F)(F)F)cc1-n1cc(-c2cc(N)ncn2)cc1C(N)=O. The van der Waals surface area contributed by atoms with Crippen molar-refractivity contribution < 1.29 is 18.0 Å². The molecule has 0 unspecified atom stereocenters. The zero-order valence-corrected chi connectivity index (χ0v) is 13.6. The number of anilines is 1. The van der Waals surface area contributed by atoms with Crippen LogP contribution in [0.1, 0.15) is 21.6 Å². The second-order valence-corrected chi connectivity index (χ2v) is 5.68. The Kier molecular flexibility index (Phi) is 4.15. The van der Waals surface area contributed by atoms with E-state index in [0.29, 0.717) is 16.8 Å². The maximum absolute atomic E-state index is 13.1. The van der Waals surface area contributed by atoms with Gasteiger partial charge >= 0.3 is 6.18 Å². The van der Waals surface area contributed by atoms with Crippen molar-refractivity contribution >= 4 is 11.7 Å². The maximum atomic E-state index is 13.1. The number of carbonyl (C=O) groups is 1. The summed E-state index contributed by atoms with van der Waals surface area (Å²) in [6.07, 6.45) is -1.77. The number of rotatable bonds is 3. The lowest BCUT2D eigenvalue weighted by atomic mass is 10.1. The molecule has 0 fully saturated rings. The van der Waals surface area contributed by atoms with E-state index in [1.165, 1.54) is 35.3 Å². The van der Waals surface area contributed by atoms with E-state index in [2.05, 4.69) is 9.97 Å². The number of aromatic nitrogens is 3. The van der Waals surface area contributed by atoms with Crippen molar-refractivity contribution in [1.29, 1.82) is 0 Å². The summed E-state index contributed by atoms with van der Waals surface area (Å²) in [5.74, 6) is -0.561. The quantitative estimate of drug-likeness (QED) is 0.749. The minimum atomic E-state index is -4.51. The Balaban J connectivity index is 2.21. The van der Waals surface area contributed by atoms with E-state index >= 15 is 0 Å². The summed E-state index contributed by atoms with van der Waals surface area (Å²) >= 11 is 0. The van der Waals surface area contributed by atoms with E-state index in [9.17, 15) is 18.0 Å². The molecule has 0 saturated heterocycles. The third-order valence-corrected chi connectivity index (χ3v) is 3.85. The Morgan fingerprint density at radius 1 is 1.15 bits per heavy atom. The fourth-order valence-electron chi connectivity index (χ4n) is 2.57. The van der Waals surface area contributed by atoms with Gasteiger partial charge in [0.05, 0.1) is 11.3 Å². The van der Waals surface area contributed by atoms with Gasteiger partial charge in [-0.1, -0.05) is 6.07 Å². The zero-order chi connectivity index (χ0) is 19.1. The number of alkyl halides is 3. The standard InChI is InChI=1S/C17H14F3N5O/c1-9-2-3-11(17(18,19)20)5-13(9)25-7-10(4-14(25)16(22)26)12-6-15(21)24-8-23-12/h2-8H,1H3,(H2,22,26)(H2,21,23,24). The molecule has 3 aromatic rings. The van der Waals surface area contributed by atoms with E-state index in [1.54, 1.807) is 6.92 Å². The molecule has 134 valence electrons. The smallest absolute Gasteiger partial charge is 0.384 e. The normalized spacial score (nSPS) is 11.5. The molecule has 0 aliphatic carbocycles. The molecule has 1 aromatic carbocycles. The van der Waals surface area contributed by atoms with Crippen molar-refractivity contribution in [2.24, 2.45) is 5.73 Å². The van der Waals surface area contributed by atoms with Crippen LogP contribution < -0.4 is 11.5 Å². The number of nitrogens with two attached hydrogens (primary N) is 2. The van der Waals surface area contributed by atoms with Gasteiger partial charge in [-0.3, -0.25) is 4.79 Å². The minimum Gasteiger partial charge on any atom is -0.384 e. The Bertz CT molecular complexity index is 994. The first-order chi connectivity index (χ1) is 12.2. The molecular weight excluding hydrogens is 347 g/mol. The van der Waals surface area contributed by atoms with Crippen LogP contribution in [0.2, 0.25) is 0 Å². The van der Waals surface area contributed by atoms with Gasteiger partial charge in [0.1, 0.15) is 17.8 Å². The van der Waals surface area contributed by atoms with Crippen molar-refractivity contribution in [3.8, 4) is 16.9 Å². The number of carbonyl (C=O) groups excluding carboxylic acids is 1. The van der Waals surface area contributed by atoms with E-state index in [1.807, 2.05) is 0 Å². The number of hydrogen-bond donors (Lipinski definition) is 2. The third-order valence-electron chi connectivity index (χ3n) is 3.85. The third kappa shape index (κ3) is 3.23. The minimum absolute atomic E-state index is 0.0274. The Hall–Kier alpha value is -3.36. The summed E-state index contributed by atoms with van der Waals surface area (Å²) in [7, 11) is 0. The average Bonchev–Trinajstić information content (AvgIpc) is 2.99. The van der Waals surface area contributed by atoms with Gasteiger partial charge in [-0.25, -0.2) is 9.97 Å². The maximum Gasteiger partial charge on any atom is 0.416 e. The molecule has 0 spiro atoms. The lowest BCUT2D eigenvalue weighted by Gasteiger charge is -2.14. The lowest BCUT2D eigenvalue weighted by molar-refractivity contribution is -0.137. The Labute approximate surface area is 146 Å². The van der Waals surface area contributed by atoms with Crippen LogP contribution in [-0.2, 0) is 6.18 Å². The highest BCUT2D eigenvalue weighted by molar-refractivity contribution is 5.93. The van der Waals surface area contributed by atoms with Crippen molar-refractivity contribution in [2.75, 3.05) is 5.73 Å². The number of benzene rings is 1. The molecule has 0 aliphatic rings. The number of primary amides is 1. The Morgan fingerprint density at radius 3 is 2.50 bits per heavy atom. The molecule has 0 atom stereocenters. The molecule has 0 radical (unpaired) electrons. The van der Waals surface area contributed by atoms with Crippen LogP contribution >= 0.6 is 0 Å². The average molecular weight is 361 g/mol. The van der Waals surface area contributed by atoms with Gasteiger partial charge in [-0.15, -0.1) is 0 Å². The first-order valence-electron chi connectivity index (χ1n) is 7.45. The van der Waals surface area contributed by atoms with Crippen LogP contribution in [0.4, 0.5) is 19.0 Å². The van der Waals surface area contributed by atoms with Gasteiger partial charge in [0.25, 0.3) is 5.91 Å². The second kappa shape index (κ2) is 6.17. The van der Waals surface area contributed by atoms with Crippen molar-refractivity contribution in [2.45, 2.75) is 13.1 Å². The van der Waals surface area contributed by atoms with Crippen LogP contribution in [0, 0.1) is 6.92 Å². The summed E-state index contributed by atoms with van der Waals surface area (Å²) in [6, 6.07) is 6.23. The van der Waals surface area contributed by atoms with Gasteiger partial charge < -0.3 is 16.0 Å². The zero-order valence-electron chi connectivity index (χ0n) is 13.6. The fraction of sp³-hybridized carbons (Fsp3) is 0.118. The molecule has 4 N–H and O–H groups in total. The summed E-state index contributed by atoms with van der Waals surface area (Å²) in [5, 5.41) is 0. The van der Waals surface area contributed by atoms with E-state index < -0.39 is 17.6 Å². The molecule has 26 heavy (non-hydrogen) atoms. The van der Waals surface area contributed by atoms with Crippen molar-refractivity contribution in [1.82, 2.24) is 14.5 Å². The van der Waals surface area contributed by atoms with Crippen molar-refractivity contribution in [3.63, 3.8) is 0 Å². The molecule has 0 saturated carbocycles. The van der Waals surface area contributed by atoms with E-state index in [0.717, 1.165) is 12.1 Å². The molecule has 9 heteroatoms. The predicted octanol–water partition coefficient (Wildman–Crippen LogP) is 2.94. The summed E-state index contributed by atoms with van der Waals surface area (Å²) in [5.41, 5.74) is 11.9. The van der Waals surface area contributed by atoms with Crippen LogP contribution in [0.5, 0.6) is 0 Å². The number of nitrogens with zero attached hydrogens (tertiary/aromatic N) is 3. The fourth-order valence-corrected chi connectivity index (χ4v) is 2.57. The van der Waals surface area contributed by atoms with Crippen molar-refractivity contribution in [3.05, 3.63) is 59.7 Å². The molecule has 2 aromatic heterocycles. The first kappa shape index (κ1) is 17.5. The van der Waals surface area contributed by atoms with Crippen LogP contribution in [0.25, 0.3) is 16.9 Å². The molecule has 1 amide bonds. The molecule has 0 aliphatic heterocycles. The number of hydrogen-bond acceptors (Lipinski definition) is 4. The largest absolute Gasteiger partial charge is 0.416 e. The molecule has 6 nitrogen and oxygen atoms in total. The topological polar surface area (TPSA) is 99.8 Å². The van der Waals surface area contributed by atoms with E-state index in [4.69, 9.17) is 11.5 Å². The predicted molar refractivity (Wildman–Crippen MR) is 89.5 cm³/mol. The lowest BCUT2D eigenvalue weighted by Crippen LogP contribution is -2.16. The highest BCUT2D eigenvalue weighted by Gasteiger charge is 2.31. The summed E-state index contributed by atoms with van der Waals surface area (Å²) < 4.78 is 40.5. The number of aryl methyl sites for hydroxylation is 1. The second-order valence-electron chi connectivity index (χ2n) is 5.68. The summed E-state index contributed by atoms with van der Waals surface area (Å²) in [4.78, 5) is 19.7. The molecule has 0 bridgehead atoms. The number of nitrogen functional groups attached to an aromatic ring is 1. The highest BCUT2D eigenvalue weighted by Crippen LogP contribution is 2.33. The van der Waals surface area contributed by atoms with Crippen LogP contribution in [0.3, 0.4) is 0 Å². The van der Waals surface area contributed by atoms with Gasteiger partial charge in [0.2, 0.25) is 0 Å². The van der Waals surface area contributed by atoms with Gasteiger partial charge in [0.15, 0.2) is 0 Å². The van der Waals surface area contributed by atoms with Gasteiger partial charge in [-0.05, 0) is 30.7 Å². The van der Waals surface area contributed by atoms with Crippen LogP contribution in [-0.4, -0.2) is 20.4 Å². The van der Waals surface area contributed by atoms with E-state index in [-0.39, 0.29) is 17.2 Å². The molecule has 3 rings (SSSR count). The molecule has 2 heterocycles. The van der Waals surface area contributed by atoms with Gasteiger partial charge in [0, 0.05) is 23.5 Å². The number of amides is 1. The summed E-state index contributed by atoms with van der Waals surface area (Å²) in [6.45, 7) is 1.64. The number of halogens is 3. The van der Waals surface area contributed by atoms with Gasteiger partial charge in [-0.2, -0.15) is 13.2 Å². The first-order valence-corrected chi connectivity index (χ1v) is 7.45. The Morgan fingerprint density at radius 2 is 1.88 bits per heavy atom. The monoisotopic (exact) mass is 361 g/mol.